The standard InChI is InChI=1S/C13H19NO5/c15-11(8-9-4-2-1-3-5-9)14-10(13(18)19)6-7-12(16)17/h4,10H,1-3,5-8H2,(H,14,15)(H,16,17)(H,18,19)/t10-/m0/s1. The summed E-state index contributed by atoms with van der Waals surface area (Å²) >= 11 is 0. The summed E-state index contributed by atoms with van der Waals surface area (Å²) in [5.74, 6) is -2.63. The Bertz CT molecular complexity index is 388. The highest BCUT2D eigenvalue weighted by molar-refractivity contribution is 5.85. The zero-order valence-corrected chi connectivity index (χ0v) is 10.7. The number of aliphatic carboxylic acids is 2. The second kappa shape index (κ2) is 7.56. The molecular weight excluding hydrogens is 250 g/mol. The molecule has 106 valence electrons. The van der Waals surface area contributed by atoms with Gasteiger partial charge in [-0.2, -0.15) is 0 Å². The highest BCUT2D eigenvalue weighted by atomic mass is 16.4. The van der Waals surface area contributed by atoms with E-state index in [-0.39, 0.29) is 25.2 Å². The van der Waals surface area contributed by atoms with Crippen LogP contribution in [0.5, 0.6) is 0 Å². The Hall–Kier alpha value is -1.85. The smallest absolute Gasteiger partial charge is 0.326 e. The molecule has 19 heavy (non-hydrogen) atoms. The normalized spacial score (nSPS) is 16.3. The van der Waals surface area contributed by atoms with Gasteiger partial charge in [0.1, 0.15) is 6.04 Å². The quantitative estimate of drug-likeness (QED) is 0.604. The molecule has 0 aromatic heterocycles. The number of carbonyl (C=O) groups excluding carboxylic acids is 1. The number of nitrogens with one attached hydrogen (secondary N) is 1. The number of hydrogen-bond donors (Lipinski definition) is 3. The lowest BCUT2D eigenvalue weighted by Gasteiger charge is -2.16. The molecule has 0 aromatic carbocycles. The summed E-state index contributed by atoms with van der Waals surface area (Å²) in [5.41, 5.74) is 1.03. The molecule has 1 amide bonds. The third kappa shape index (κ3) is 6.03. The lowest BCUT2D eigenvalue weighted by Crippen LogP contribution is -2.41. The van der Waals surface area contributed by atoms with Gasteiger partial charge in [-0.3, -0.25) is 9.59 Å². The van der Waals surface area contributed by atoms with Crippen molar-refractivity contribution in [2.24, 2.45) is 0 Å². The maximum Gasteiger partial charge on any atom is 0.326 e. The van der Waals surface area contributed by atoms with Gasteiger partial charge < -0.3 is 15.5 Å². The summed E-state index contributed by atoms with van der Waals surface area (Å²) in [5, 5.41) is 19.8. The first kappa shape index (κ1) is 15.2. The van der Waals surface area contributed by atoms with Gasteiger partial charge in [-0.25, -0.2) is 4.79 Å². The number of amides is 1. The molecule has 1 rings (SSSR count). The average Bonchev–Trinajstić information content (AvgIpc) is 2.35. The molecule has 1 aliphatic rings. The highest BCUT2D eigenvalue weighted by Crippen LogP contribution is 2.19. The molecule has 0 saturated heterocycles. The topological polar surface area (TPSA) is 104 Å². The number of carboxylic acid groups (broad SMARTS) is 2. The van der Waals surface area contributed by atoms with E-state index in [1.807, 2.05) is 6.08 Å². The van der Waals surface area contributed by atoms with Crippen LogP contribution >= 0.6 is 0 Å². The molecule has 0 radical (unpaired) electrons. The molecule has 3 N–H and O–H groups in total. The van der Waals surface area contributed by atoms with Crippen molar-refractivity contribution in [1.82, 2.24) is 5.32 Å². The van der Waals surface area contributed by atoms with E-state index in [1.54, 1.807) is 0 Å². The van der Waals surface area contributed by atoms with E-state index in [0.29, 0.717) is 0 Å². The lowest BCUT2D eigenvalue weighted by atomic mass is 9.97. The minimum atomic E-state index is -1.20. The van der Waals surface area contributed by atoms with Gasteiger partial charge in [0.2, 0.25) is 5.91 Å². The molecule has 6 heteroatoms. The minimum Gasteiger partial charge on any atom is -0.481 e. The third-order valence-electron chi connectivity index (χ3n) is 3.05. The Labute approximate surface area is 111 Å². The van der Waals surface area contributed by atoms with Crippen LogP contribution in [0.4, 0.5) is 0 Å². The SMILES string of the molecule is O=C(O)CC[C@H](NC(=O)CC1=CCCCC1)C(=O)O. The maximum absolute atomic E-state index is 11.7. The number of hydrogen-bond acceptors (Lipinski definition) is 3. The van der Waals surface area contributed by atoms with Gasteiger partial charge in [0.15, 0.2) is 0 Å². The Kier molecular flexibility index (Phi) is 6.05. The van der Waals surface area contributed by atoms with Gasteiger partial charge in [-0.05, 0) is 32.1 Å². The zero-order chi connectivity index (χ0) is 14.3. The van der Waals surface area contributed by atoms with E-state index in [4.69, 9.17) is 10.2 Å². The van der Waals surface area contributed by atoms with Crippen LogP contribution in [0.3, 0.4) is 0 Å². The van der Waals surface area contributed by atoms with E-state index in [9.17, 15) is 14.4 Å². The summed E-state index contributed by atoms with van der Waals surface area (Å²) in [4.78, 5) is 33.0. The summed E-state index contributed by atoms with van der Waals surface area (Å²) in [6, 6.07) is -1.13. The van der Waals surface area contributed by atoms with E-state index in [1.165, 1.54) is 0 Å². The van der Waals surface area contributed by atoms with Crippen molar-refractivity contribution in [2.75, 3.05) is 0 Å². The van der Waals surface area contributed by atoms with E-state index >= 15 is 0 Å². The van der Waals surface area contributed by atoms with Crippen LogP contribution in [0.15, 0.2) is 11.6 Å². The Morgan fingerprint density at radius 1 is 1.26 bits per heavy atom. The van der Waals surface area contributed by atoms with Crippen LogP contribution < -0.4 is 5.32 Å². The molecule has 0 aromatic rings. The summed E-state index contributed by atoms with van der Waals surface area (Å²) in [7, 11) is 0. The second-order valence-electron chi connectivity index (χ2n) is 4.68. The van der Waals surface area contributed by atoms with Crippen molar-refractivity contribution >= 4 is 17.8 Å². The zero-order valence-electron chi connectivity index (χ0n) is 10.7. The van der Waals surface area contributed by atoms with E-state index < -0.39 is 18.0 Å². The maximum atomic E-state index is 11.7. The molecule has 0 spiro atoms. The fourth-order valence-electron chi connectivity index (χ4n) is 2.04. The molecule has 0 saturated carbocycles. The van der Waals surface area contributed by atoms with Crippen LogP contribution in [0.25, 0.3) is 0 Å². The Balaban J connectivity index is 2.44. The van der Waals surface area contributed by atoms with E-state index in [2.05, 4.69) is 5.32 Å². The average molecular weight is 269 g/mol. The van der Waals surface area contributed by atoms with Crippen LogP contribution in [0, 0.1) is 0 Å². The summed E-state index contributed by atoms with van der Waals surface area (Å²) < 4.78 is 0. The number of allylic oxidation sites excluding steroid dienone is 1. The van der Waals surface area contributed by atoms with Crippen molar-refractivity contribution < 1.29 is 24.6 Å². The Morgan fingerprint density at radius 2 is 2.00 bits per heavy atom. The molecule has 1 atom stereocenters. The van der Waals surface area contributed by atoms with Crippen molar-refractivity contribution in [2.45, 2.75) is 51.0 Å². The molecule has 0 unspecified atom stereocenters. The van der Waals surface area contributed by atoms with Crippen molar-refractivity contribution in [3.63, 3.8) is 0 Å². The monoisotopic (exact) mass is 269 g/mol. The largest absolute Gasteiger partial charge is 0.481 e. The molecule has 0 aliphatic heterocycles. The van der Waals surface area contributed by atoms with Gasteiger partial charge in [-0.15, -0.1) is 0 Å². The van der Waals surface area contributed by atoms with Crippen LogP contribution in [-0.4, -0.2) is 34.1 Å². The first-order valence-electron chi connectivity index (χ1n) is 6.41. The van der Waals surface area contributed by atoms with Crippen LogP contribution in [-0.2, 0) is 14.4 Å². The molecule has 0 bridgehead atoms. The van der Waals surface area contributed by atoms with Crippen molar-refractivity contribution in [3.8, 4) is 0 Å². The fraction of sp³-hybridized carbons (Fsp3) is 0.615. The van der Waals surface area contributed by atoms with Crippen molar-refractivity contribution in [3.05, 3.63) is 11.6 Å². The predicted molar refractivity (Wildman–Crippen MR) is 67.6 cm³/mol. The second-order valence-corrected chi connectivity index (χ2v) is 4.68. The molecule has 0 fully saturated rings. The summed E-state index contributed by atoms with van der Waals surface area (Å²) in [6.07, 6.45) is 5.87. The predicted octanol–water partition coefficient (Wildman–Crippen LogP) is 1.31. The lowest BCUT2D eigenvalue weighted by molar-refractivity contribution is -0.143. The van der Waals surface area contributed by atoms with Gasteiger partial charge >= 0.3 is 11.9 Å². The first-order valence-corrected chi connectivity index (χ1v) is 6.41. The number of rotatable bonds is 7. The fourth-order valence-corrected chi connectivity index (χ4v) is 2.04. The minimum absolute atomic E-state index is 0.102. The molecular formula is C13H19NO5. The molecule has 0 heterocycles. The van der Waals surface area contributed by atoms with Crippen LogP contribution in [0.2, 0.25) is 0 Å². The van der Waals surface area contributed by atoms with E-state index in [0.717, 1.165) is 31.3 Å². The third-order valence-corrected chi connectivity index (χ3v) is 3.05. The van der Waals surface area contributed by atoms with Crippen molar-refractivity contribution in [1.29, 1.82) is 0 Å². The van der Waals surface area contributed by atoms with Gasteiger partial charge in [-0.1, -0.05) is 11.6 Å². The number of carbonyl (C=O) groups is 3. The van der Waals surface area contributed by atoms with Gasteiger partial charge in [0.05, 0.1) is 0 Å². The highest BCUT2D eigenvalue weighted by Gasteiger charge is 2.21. The molecule has 1 aliphatic carbocycles. The van der Waals surface area contributed by atoms with Gasteiger partial charge in [0.25, 0.3) is 0 Å². The van der Waals surface area contributed by atoms with Gasteiger partial charge in [0, 0.05) is 12.8 Å². The Morgan fingerprint density at radius 3 is 2.53 bits per heavy atom. The van der Waals surface area contributed by atoms with Crippen LogP contribution in [0.1, 0.15) is 44.9 Å². The summed E-state index contributed by atoms with van der Waals surface area (Å²) in [6.45, 7) is 0. The number of carboxylic acids is 2. The molecule has 6 nitrogen and oxygen atoms in total. The first-order chi connectivity index (χ1) is 8.99.